The van der Waals surface area contributed by atoms with Crippen molar-refractivity contribution < 1.29 is 9.53 Å². The second-order valence-corrected chi connectivity index (χ2v) is 5.56. The van der Waals surface area contributed by atoms with Gasteiger partial charge >= 0.3 is 0 Å². The van der Waals surface area contributed by atoms with Gasteiger partial charge in [0, 0.05) is 41.6 Å². The Morgan fingerprint density at radius 2 is 1.96 bits per heavy atom. The normalized spacial score (nSPS) is 15.1. The van der Waals surface area contributed by atoms with Gasteiger partial charge in [0.25, 0.3) is 0 Å². The lowest BCUT2D eigenvalue weighted by atomic mass is 10.1. The molecule has 0 radical (unpaired) electrons. The van der Waals surface area contributed by atoms with Gasteiger partial charge < -0.3 is 9.64 Å². The summed E-state index contributed by atoms with van der Waals surface area (Å²) in [6.45, 7) is 2.98. The summed E-state index contributed by atoms with van der Waals surface area (Å²) in [5.41, 5.74) is 1.33. The van der Waals surface area contributed by atoms with Gasteiger partial charge in [0.1, 0.15) is 0 Å². The molecule has 0 bridgehead atoms. The van der Waals surface area contributed by atoms with Gasteiger partial charge in [0.15, 0.2) is 5.78 Å². The van der Waals surface area contributed by atoms with Gasteiger partial charge in [0.2, 0.25) is 5.95 Å². The Kier molecular flexibility index (Phi) is 5.00. The molecule has 1 saturated heterocycles. The van der Waals surface area contributed by atoms with E-state index in [2.05, 4.69) is 14.9 Å². The topological polar surface area (TPSA) is 55.3 Å². The molecule has 1 aromatic heterocycles. The van der Waals surface area contributed by atoms with E-state index in [-0.39, 0.29) is 5.78 Å². The number of benzene rings is 1. The molecule has 2 aromatic rings. The molecular formula is C17H16ClN3O2. The maximum Gasteiger partial charge on any atom is 0.225 e. The number of rotatable bonds is 4. The summed E-state index contributed by atoms with van der Waals surface area (Å²) >= 11 is 5.89. The second-order valence-electron chi connectivity index (χ2n) is 5.12. The van der Waals surface area contributed by atoms with E-state index in [1.54, 1.807) is 42.7 Å². The van der Waals surface area contributed by atoms with Crippen molar-refractivity contribution in [2.24, 2.45) is 0 Å². The summed E-state index contributed by atoms with van der Waals surface area (Å²) in [6.07, 6.45) is 6.62. The molecule has 23 heavy (non-hydrogen) atoms. The quantitative estimate of drug-likeness (QED) is 0.637. The number of ketones is 1. The molecule has 1 aliphatic rings. The number of nitrogens with zero attached hydrogens (tertiary/aromatic N) is 3. The summed E-state index contributed by atoms with van der Waals surface area (Å²) in [5, 5.41) is 0.544. The van der Waals surface area contributed by atoms with Crippen molar-refractivity contribution >= 4 is 29.4 Å². The smallest absolute Gasteiger partial charge is 0.225 e. The van der Waals surface area contributed by atoms with E-state index in [9.17, 15) is 4.79 Å². The average Bonchev–Trinajstić information content (AvgIpc) is 2.61. The molecular weight excluding hydrogens is 314 g/mol. The molecule has 0 aliphatic carbocycles. The van der Waals surface area contributed by atoms with Gasteiger partial charge in [-0.05, 0) is 24.3 Å². The predicted octanol–water partition coefficient (Wildman–Crippen LogP) is 2.86. The third-order valence-electron chi connectivity index (χ3n) is 3.49. The molecule has 2 heterocycles. The fourth-order valence-electron chi connectivity index (χ4n) is 2.25. The fraction of sp³-hybridized carbons (Fsp3) is 0.235. The number of anilines is 1. The van der Waals surface area contributed by atoms with Crippen LogP contribution in [0, 0.1) is 0 Å². The van der Waals surface area contributed by atoms with Crippen LogP contribution in [0.4, 0.5) is 5.95 Å². The second kappa shape index (κ2) is 7.35. The number of aromatic nitrogens is 2. The zero-order chi connectivity index (χ0) is 16.1. The minimum Gasteiger partial charge on any atom is -0.378 e. The first kappa shape index (κ1) is 15.6. The number of carbonyl (C=O) groups is 1. The van der Waals surface area contributed by atoms with Crippen molar-refractivity contribution in [3.05, 3.63) is 58.9 Å². The molecule has 118 valence electrons. The number of hydrogen-bond donors (Lipinski definition) is 0. The van der Waals surface area contributed by atoms with Crippen LogP contribution in [-0.2, 0) is 4.74 Å². The highest BCUT2D eigenvalue weighted by molar-refractivity contribution is 6.31. The van der Waals surface area contributed by atoms with Gasteiger partial charge in [-0.3, -0.25) is 4.79 Å². The maximum atomic E-state index is 12.1. The van der Waals surface area contributed by atoms with Crippen LogP contribution in [0.5, 0.6) is 0 Å². The number of carbonyl (C=O) groups excluding carboxylic acids is 1. The summed E-state index contributed by atoms with van der Waals surface area (Å²) in [7, 11) is 0. The van der Waals surface area contributed by atoms with Crippen LogP contribution >= 0.6 is 11.6 Å². The zero-order valence-electron chi connectivity index (χ0n) is 12.5. The van der Waals surface area contributed by atoms with Crippen molar-refractivity contribution in [3.8, 4) is 0 Å². The van der Waals surface area contributed by atoms with Gasteiger partial charge in [-0.1, -0.05) is 23.7 Å². The molecule has 0 spiro atoms. The van der Waals surface area contributed by atoms with E-state index in [0.29, 0.717) is 29.7 Å². The molecule has 1 aliphatic heterocycles. The number of halogens is 1. The lowest BCUT2D eigenvalue weighted by Gasteiger charge is -2.26. The van der Waals surface area contributed by atoms with E-state index in [1.807, 2.05) is 0 Å². The molecule has 0 unspecified atom stereocenters. The van der Waals surface area contributed by atoms with E-state index >= 15 is 0 Å². The van der Waals surface area contributed by atoms with Crippen molar-refractivity contribution in [3.63, 3.8) is 0 Å². The first-order chi connectivity index (χ1) is 11.2. The third kappa shape index (κ3) is 4.15. The minimum atomic E-state index is -0.107. The lowest BCUT2D eigenvalue weighted by molar-refractivity contribution is 0.104. The van der Waals surface area contributed by atoms with Crippen molar-refractivity contribution in [1.82, 2.24) is 9.97 Å². The highest BCUT2D eigenvalue weighted by Crippen LogP contribution is 2.13. The van der Waals surface area contributed by atoms with Crippen LogP contribution in [0.25, 0.3) is 6.08 Å². The van der Waals surface area contributed by atoms with Gasteiger partial charge in [-0.2, -0.15) is 0 Å². The summed E-state index contributed by atoms with van der Waals surface area (Å²) in [4.78, 5) is 22.8. The van der Waals surface area contributed by atoms with Crippen LogP contribution in [0.3, 0.4) is 0 Å². The van der Waals surface area contributed by atoms with Crippen molar-refractivity contribution in [2.45, 2.75) is 0 Å². The highest BCUT2D eigenvalue weighted by atomic mass is 35.5. The van der Waals surface area contributed by atoms with E-state index in [4.69, 9.17) is 16.3 Å². The summed E-state index contributed by atoms with van der Waals surface area (Å²) in [5.74, 6) is 0.580. The molecule has 0 atom stereocenters. The monoisotopic (exact) mass is 329 g/mol. The Morgan fingerprint density at radius 1 is 1.22 bits per heavy atom. The molecule has 0 saturated carbocycles. The fourth-order valence-corrected chi connectivity index (χ4v) is 2.44. The Labute approximate surface area is 139 Å². The van der Waals surface area contributed by atoms with E-state index in [0.717, 1.165) is 18.7 Å². The molecule has 1 fully saturated rings. The van der Waals surface area contributed by atoms with Gasteiger partial charge in [-0.15, -0.1) is 0 Å². The number of hydrogen-bond acceptors (Lipinski definition) is 5. The Hall–Kier alpha value is -2.24. The van der Waals surface area contributed by atoms with Gasteiger partial charge in [-0.25, -0.2) is 9.97 Å². The predicted molar refractivity (Wildman–Crippen MR) is 89.9 cm³/mol. The highest BCUT2D eigenvalue weighted by Gasteiger charge is 2.13. The minimum absolute atomic E-state index is 0.107. The molecule has 3 rings (SSSR count). The maximum absolute atomic E-state index is 12.1. The van der Waals surface area contributed by atoms with Crippen molar-refractivity contribution in [1.29, 1.82) is 0 Å². The average molecular weight is 330 g/mol. The zero-order valence-corrected chi connectivity index (χ0v) is 13.2. The SMILES string of the molecule is O=C(/C=C\c1cnc(N2CCOCC2)nc1)c1cccc(Cl)c1. The largest absolute Gasteiger partial charge is 0.378 e. The van der Waals surface area contributed by atoms with E-state index < -0.39 is 0 Å². The molecule has 0 amide bonds. The van der Waals surface area contributed by atoms with Crippen LogP contribution in [-0.4, -0.2) is 42.1 Å². The number of ether oxygens (including phenoxy) is 1. The third-order valence-corrected chi connectivity index (χ3v) is 3.72. The standard InChI is InChI=1S/C17H16ClN3O2/c18-15-3-1-2-14(10-15)16(22)5-4-13-11-19-17(20-12-13)21-6-8-23-9-7-21/h1-5,10-12H,6-9H2/b5-4-. The van der Waals surface area contributed by atoms with Crippen LogP contribution in [0.2, 0.25) is 5.02 Å². The van der Waals surface area contributed by atoms with Crippen LogP contribution in [0.1, 0.15) is 15.9 Å². The van der Waals surface area contributed by atoms with Crippen molar-refractivity contribution in [2.75, 3.05) is 31.2 Å². The molecule has 6 heteroatoms. The number of morpholine rings is 1. The van der Waals surface area contributed by atoms with Crippen LogP contribution < -0.4 is 4.90 Å². The molecule has 5 nitrogen and oxygen atoms in total. The Bertz CT molecular complexity index is 710. The Balaban J connectivity index is 1.66. The molecule has 0 N–H and O–H groups in total. The Morgan fingerprint density at radius 3 is 2.65 bits per heavy atom. The lowest BCUT2D eigenvalue weighted by Crippen LogP contribution is -2.37. The number of allylic oxidation sites excluding steroid dienone is 1. The summed E-state index contributed by atoms with van der Waals surface area (Å²) in [6, 6.07) is 6.87. The first-order valence-electron chi connectivity index (χ1n) is 7.35. The summed E-state index contributed by atoms with van der Waals surface area (Å²) < 4.78 is 5.30. The van der Waals surface area contributed by atoms with E-state index in [1.165, 1.54) is 6.08 Å². The van der Waals surface area contributed by atoms with Crippen LogP contribution in [0.15, 0.2) is 42.7 Å². The van der Waals surface area contributed by atoms with Gasteiger partial charge in [0.05, 0.1) is 13.2 Å². The molecule has 1 aromatic carbocycles. The first-order valence-corrected chi connectivity index (χ1v) is 7.73.